The van der Waals surface area contributed by atoms with Crippen LogP contribution in [0.3, 0.4) is 0 Å². The number of piperidine rings is 1. The van der Waals surface area contributed by atoms with Crippen LogP contribution in [0.2, 0.25) is 5.02 Å². The summed E-state index contributed by atoms with van der Waals surface area (Å²) in [6, 6.07) is 3.04. The second-order valence-electron chi connectivity index (χ2n) is 5.00. The van der Waals surface area contributed by atoms with Crippen molar-refractivity contribution in [1.29, 1.82) is 0 Å². The van der Waals surface area contributed by atoms with E-state index >= 15 is 0 Å². The van der Waals surface area contributed by atoms with Gasteiger partial charge in [-0.2, -0.15) is 4.31 Å². The molecule has 0 atom stereocenters. The second-order valence-corrected chi connectivity index (χ2v) is 8.20. The summed E-state index contributed by atoms with van der Waals surface area (Å²) >= 11 is 9.27. The smallest absolute Gasteiger partial charge is 0.246 e. The second kappa shape index (κ2) is 6.83. The van der Waals surface area contributed by atoms with Crippen molar-refractivity contribution >= 4 is 37.6 Å². The van der Waals surface area contributed by atoms with Gasteiger partial charge >= 0.3 is 0 Å². The predicted molar refractivity (Wildman–Crippen MR) is 86.2 cm³/mol. The van der Waals surface area contributed by atoms with E-state index in [0.717, 1.165) is 12.8 Å². The molecule has 0 unspecified atom stereocenters. The van der Waals surface area contributed by atoms with Crippen LogP contribution < -0.4 is 10.5 Å². The van der Waals surface area contributed by atoms with Gasteiger partial charge in [0.25, 0.3) is 0 Å². The fourth-order valence-corrected chi connectivity index (χ4v) is 5.29. The summed E-state index contributed by atoms with van der Waals surface area (Å²) in [5.41, 5.74) is 5.64. The molecule has 21 heavy (non-hydrogen) atoms. The van der Waals surface area contributed by atoms with E-state index in [1.165, 1.54) is 17.5 Å². The Morgan fingerprint density at radius 2 is 2.05 bits per heavy atom. The minimum atomic E-state index is -3.63. The quantitative estimate of drug-likeness (QED) is 0.847. The Balaban J connectivity index is 2.36. The largest absolute Gasteiger partial charge is 0.494 e. The van der Waals surface area contributed by atoms with Crippen molar-refractivity contribution < 1.29 is 13.2 Å². The number of methoxy groups -OCH3 is 1. The van der Waals surface area contributed by atoms with Gasteiger partial charge in [-0.15, -0.1) is 0 Å². The highest BCUT2D eigenvalue weighted by Crippen LogP contribution is 2.37. The molecule has 1 aliphatic heterocycles. The Bertz CT molecular complexity index is 616. The lowest BCUT2D eigenvalue weighted by Crippen LogP contribution is -2.40. The molecular weight excluding hydrogens is 380 g/mol. The number of benzene rings is 1. The molecule has 1 aromatic carbocycles. The number of nitrogens with zero attached hydrogens (tertiary/aromatic N) is 1. The molecule has 0 amide bonds. The van der Waals surface area contributed by atoms with Crippen molar-refractivity contribution in [2.24, 2.45) is 11.7 Å². The average molecular weight is 398 g/mol. The van der Waals surface area contributed by atoms with Crippen LogP contribution >= 0.6 is 27.5 Å². The van der Waals surface area contributed by atoms with Gasteiger partial charge in [0.15, 0.2) is 5.75 Å². The standard InChI is InChI=1S/C13H18BrClN2O3S/c1-20-13-11(14)6-10(15)7-12(13)21(18,19)17-4-2-9(8-16)3-5-17/h6-7,9H,2-5,8,16H2,1H3. The van der Waals surface area contributed by atoms with E-state index in [2.05, 4.69) is 15.9 Å². The first-order valence-corrected chi connectivity index (χ1v) is 9.24. The van der Waals surface area contributed by atoms with Gasteiger partial charge in [-0.05, 0) is 53.4 Å². The van der Waals surface area contributed by atoms with Crippen molar-refractivity contribution in [2.45, 2.75) is 17.7 Å². The molecule has 5 nitrogen and oxygen atoms in total. The lowest BCUT2D eigenvalue weighted by atomic mass is 9.99. The lowest BCUT2D eigenvalue weighted by Gasteiger charge is -2.31. The van der Waals surface area contributed by atoms with Crippen molar-refractivity contribution in [3.05, 3.63) is 21.6 Å². The summed E-state index contributed by atoms with van der Waals surface area (Å²) in [6.07, 6.45) is 1.56. The maximum atomic E-state index is 12.8. The van der Waals surface area contributed by atoms with E-state index in [0.29, 0.717) is 35.0 Å². The van der Waals surface area contributed by atoms with Crippen molar-refractivity contribution in [1.82, 2.24) is 4.31 Å². The zero-order chi connectivity index (χ0) is 15.6. The summed E-state index contributed by atoms with van der Waals surface area (Å²) in [7, 11) is -2.19. The molecule has 1 aromatic rings. The Morgan fingerprint density at radius 3 is 2.57 bits per heavy atom. The molecule has 0 bridgehead atoms. The van der Waals surface area contributed by atoms with E-state index in [1.54, 1.807) is 6.07 Å². The topological polar surface area (TPSA) is 72.6 Å². The maximum absolute atomic E-state index is 12.8. The molecular formula is C13H18BrClN2O3S. The van der Waals surface area contributed by atoms with E-state index in [4.69, 9.17) is 22.1 Å². The molecule has 0 aromatic heterocycles. The number of hydrogen-bond donors (Lipinski definition) is 1. The third kappa shape index (κ3) is 3.53. The van der Waals surface area contributed by atoms with E-state index in [1.807, 2.05) is 0 Å². The first kappa shape index (κ1) is 17.0. The van der Waals surface area contributed by atoms with Crippen LogP contribution in [0.1, 0.15) is 12.8 Å². The van der Waals surface area contributed by atoms with Crippen LogP contribution in [0, 0.1) is 5.92 Å². The Hall–Kier alpha value is -0.340. The number of rotatable bonds is 4. The number of ether oxygens (including phenoxy) is 1. The minimum Gasteiger partial charge on any atom is -0.494 e. The summed E-state index contributed by atoms with van der Waals surface area (Å²) < 4.78 is 32.8. The zero-order valence-corrected chi connectivity index (χ0v) is 14.8. The molecule has 0 saturated carbocycles. The van der Waals surface area contributed by atoms with Gasteiger partial charge in [-0.3, -0.25) is 0 Å². The van der Waals surface area contributed by atoms with Crippen molar-refractivity contribution in [3.63, 3.8) is 0 Å². The van der Waals surface area contributed by atoms with Gasteiger partial charge in [0.1, 0.15) is 4.90 Å². The first-order chi connectivity index (χ1) is 9.90. The van der Waals surface area contributed by atoms with Gasteiger partial charge < -0.3 is 10.5 Å². The summed E-state index contributed by atoms with van der Waals surface area (Å²) in [5, 5.41) is 0.345. The Morgan fingerprint density at radius 1 is 1.43 bits per heavy atom. The van der Waals surface area contributed by atoms with Crippen LogP contribution in [0.25, 0.3) is 0 Å². The first-order valence-electron chi connectivity index (χ1n) is 6.63. The van der Waals surface area contributed by atoms with Gasteiger partial charge in [-0.25, -0.2) is 8.42 Å². The molecule has 0 aliphatic carbocycles. The molecule has 8 heteroatoms. The normalized spacial score (nSPS) is 17.9. The van der Waals surface area contributed by atoms with E-state index in [9.17, 15) is 8.42 Å². The number of sulfonamides is 1. The Kier molecular flexibility index (Phi) is 5.54. The lowest BCUT2D eigenvalue weighted by molar-refractivity contribution is 0.277. The van der Waals surface area contributed by atoms with Crippen molar-refractivity contribution in [3.8, 4) is 5.75 Å². The SMILES string of the molecule is COc1c(Br)cc(Cl)cc1S(=O)(=O)N1CCC(CN)CC1. The molecule has 0 spiro atoms. The molecule has 1 heterocycles. The maximum Gasteiger partial charge on any atom is 0.246 e. The molecule has 1 fully saturated rings. The molecule has 1 aliphatic rings. The van der Waals surface area contributed by atoms with Crippen LogP contribution in [0.15, 0.2) is 21.5 Å². The highest BCUT2D eigenvalue weighted by molar-refractivity contribution is 9.10. The monoisotopic (exact) mass is 396 g/mol. The molecule has 0 radical (unpaired) electrons. The summed E-state index contributed by atoms with van der Waals surface area (Å²) in [6.45, 7) is 1.54. The Labute approximate surface area is 138 Å². The predicted octanol–water partition coefficient (Wildman–Crippen LogP) is 2.47. The fourth-order valence-electron chi connectivity index (χ4n) is 2.45. The highest BCUT2D eigenvalue weighted by Gasteiger charge is 2.32. The third-order valence-corrected chi connectivity index (χ3v) is 6.41. The zero-order valence-electron chi connectivity index (χ0n) is 11.7. The van der Waals surface area contributed by atoms with Crippen LogP contribution in [0.5, 0.6) is 5.75 Å². The number of halogens is 2. The minimum absolute atomic E-state index is 0.0931. The molecule has 1 saturated heterocycles. The average Bonchev–Trinajstić information content (AvgIpc) is 2.46. The fraction of sp³-hybridized carbons (Fsp3) is 0.538. The molecule has 2 rings (SSSR count). The molecule has 118 valence electrons. The van der Waals surface area contributed by atoms with E-state index in [-0.39, 0.29) is 10.6 Å². The van der Waals surface area contributed by atoms with Crippen LogP contribution in [-0.4, -0.2) is 39.5 Å². The highest BCUT2D eigenvalue weighted by atomic mass is 79.9. The van der Waals surface area contributed by atoms with Crippen LogP contribution in [0.4, 0.5) is 0 Å². The van der Waals surface area contributed by atoms with Gasteiger partial charge in [-0.1, -0.05) is 11.6 Å². The summed E-state index contributed by atoms with van der Waals surface area (Å²) in [4.78, 5) is 0.0931. The third-order valence-electron chi connectivity index (χ3n) is 3.70. The van der Waals surface area contributed by atoms with Crippen molar-refractivity contribution in [2.75, 3.05) is 26.7 Å². The van der Waals surface area contributed by atoms with E-state index < -0.39 is 10.0 Å². The molecule has 2 N–H and O–H groups in total. The number of hydrogen-bond acceptors (Lipinski definition) is 4. The number of nitrogens with two attached hydrogens (primary N) is 1. The summed E-state index contributed by atoms with van der Waals surface area (Å²) in [5.74, 6) is 0.671. The van der Waals surface area contributed by atoms with Gasteiger partial charge in [0.05, 0.1) is 11.6 Å². The van der Waals surface area contributed by atoms with Gasteiger partial charge in [0, 0.05) is 18.1 Å². The van der Waals surface area contributed by atoms with Gasteiger partial charge in [0.2, 0.25) is 10.0 Å². The van der Waals surface area contributed by atoms with Crippen LogP contribution in [-0.2, 0) is 10.0 Å².